The van der Waals surface area contributed by atoms with Crippen LogP contribution in [0.25, 0.3) is 0 Å². The van der Waals surface area contributed by atoms with Gasteiger partial charge in [0.05, 0.1) is 6.04 Å². The van der Waals surface area contributed by atoms with Gasteiger partial charge in [-0.1, -0.05) is 18.2 Å². The van der Waals surface area contributed by atoms with Crippen LogP contribution in [0.4, 0.5) is 13.2 Å². The van der Waals surface area contributed by atoms with Gasteiger partial charge in [0.1, 0.15) is 5.75 Å². The molecule has 2 nitrogen and oxygen atoms in total. The Balaban J connectivity index is 2.43. The van der Waals surface area contributed by atoms with Crippen molar-refractivity contribution in [2.75, 3.05) is 7.05 Å². The van der Waals surface area contributed by atoms with Crippen LogP contribution in [0.15, 0.2) is 30.3 Å². The number of halogens is 3. The Morgan fingerprint density at radius 1 is 1.19 bits per heavy atom. The van der Waals surface area contributed by atoms with Crippen LogP contribution in [0.2, 0.25) is 0 Å². The Kier molecular flexibility index (Phi) is 4.58. The average molecular weight is 315 g/mol. The first-order valence-corrected chi connectivity index (χ1v) is 7.22. The molecule has 1 aromatic carbocycles. The first kappa shape index (κ1) is 15.9. The minimum Gasteiger partial charge on any atom is -0.405 e. The molecule has 0 fully saturated rings. The fourth-order valence-electron chi connectivity index (χ4n) is 2.13. The Bertz CT molecular complexity index is 602. The molecule has 0 saturated carbocycles. The van der Waals surface area contributed by atoms with E-state index in [1.165, 1.54) is 12.1 Å². The van der Waals surface area contributed by atoms with Crippen LogP contribution >= 0.6 is 11.3 Å². The molecule has 0 bridgehead atoms. The van der Waals surface area contributed by atoms with Gasteiger partial charge in [0, 0.05) is 15.3 Å². The number of ether oxygens (including phenoxy) is 1. The quantitative estimate of drug-likeness (QED) is 0.892. The van der Waals surface area contributed by atoms with Crippen molar-refractivity contribution in [3.05, 3.63) is 51.2 Å². The molecule has 0 saturated heterocycles. The van der Waals surface area contributed by atoms with Crippen LogP contribution in [0.1, 0.15) is 26.9 Å². The molecule has 2 rings (SSSR count). The molecule has 6 heteroatoms. The molecule has 1 atom stereocenters. The standard InChI is InChI=1S/C15H16F3NOS/c1-9-8-13(21-10(9)2)14(19-3)11-6-4-5-7-12(11)20-15(16,17)18/h4-8,14,19H,1-3H3. The number of hydrogen-bond donors (Lipinski definition) is 1. The van der Waals surface area contributed by atoms with Crippen molar-refractivity contribution in [1.29, 1.82) is 0 Å². The molecule has 0 aliphatic rings. The molecule has 0 aliphatic heterocycles. The van der Waals surface area contributed by atoms with Gasteiger partial charge < -0.3 is 10.1 Å². The SMILES string of the molecule is CNC(c1cc(C)c(C)s1)c1ccccc1OC(F)(F)F. The number of benzene rings is 1. The summed E-state index contributed by atoms with van der Waals surface area (Å²) < 4.78 is 41.7. The third-order valence-electron chi connectivity index (χ3n) is 3.21. The number of hydrogen-bond acceptors (Lipinski definition) is 3. The maximum absolute atomic E-state index is 12.5. The zero-order valence-electron chi connectivity index (χ0n) is 11.9. The lowest BCUT2D eigenvalue weighted by atomic mass is 10.0. The van der Waals surface area contributed by atoms with E-state index in [0.29, 0.717) is 5.56 Å². The second-order valence-corrected chi connectivity index (χ2v) is 5.98. The second kappa shape index (κ2) is 6.07. The van der Waals surface area contributed by atoms with E-state index >= 15 is 0 Å². The largest absolute Gasteiger partial charge is 0.573 e. The predicted molar refractivity (Wildman–Crippen MR) is 77.8 cm³/mol. The van der Waals surface area contributed by atoms with Crippen LogP contribution < -0.4 is 10.1 Å². The fraction of sp³-hybridized carbons (Fsp3) is 0.333. The zero-order valence-corrected chi connectivity index (χ0v) is 12.7. The molecule has 1 heterocycles. The minimum atomic E-state index is -4.70. The molecule has 0 spiro atoms. The third-order valence-corrected chi connectivity index (χ3v) is 4.43. The Morgan fingerprint density at radius 3 is 2.38 bits per heavy atom. The molecule has 21 heavy (non-hydrogen) atoms. The van der Waals surface area contributed by atoms with Gasteiger partial charge in [-0.2, -0.15) is 0 Å². The molecule has 1 unspecified atom stereocenters. The molecule has 0 aliphatic carbocycles. The van der Waals surface area contributed by atoms with Gasteiger partial charge in [0.2, 0.25) is 0 Å². The van der Waals surface area contributed by atoms with E-state index in [4.69, 9.17) is 0 Å². The average Bonchev–Trinajstić information content (AvgIpc) is 2.70. The van der Waals surface area contributed by atoms with E-state index in [2.05, 4.69) is 10.1 Å². The second-order valence-electron chi connectivity index (χ2n) is 4.70. The summed E-state index contributed by atoms with van der Waals surface area (Å²) >= 11 is 1.57. The highest BCUT2D eigenvalue weighted by Gasteiger charge is 2.33. The minimum absolute atomic E-state index is 0.173. The summed E-state index contributed by atoms with van der Waals surface area (Å²) in [5, 5.41) is 3.06. The smallest absolute Gasteiger partial charge is 0.405 e. The summed E-state index contributed by atoms with van der Waals surface area (Å²) in [7, 11) is 1.72. The summed E-state index contributed by atoms with van der Waals surface area (Å²) in [5.41, 5.74) is 1.60. The van der Waals surface area contributed by atoms with Gasteiger partial charge in [-0.3, -0.25) is 0 Å². The van der Waals surface area contributed by atoms with Crippen molar-refractivity contribution in [1.82, 2.24) is 5.32 Å². The van der Waals surface area contributed by atoms with Crippen LogP contribution in [0.3, 0.4) is 0 Å². The van der Waals surface area contributed by atoms with Crippen molar-refractivity contribution < 1.29 is 17.9 Å². The van der Waals surface area contributed by atoms with Gasteiger partial charge in [-0.15, -0.1) is 24.5 Å². The highest BCUT2D eigenvalue weighted by molar-refractivity contribution is 7.12. The number of nitrogens with one attached hydrogen (secondary N) is 1. The summed E-state index contributed by atoms with van der Waals surface area (Å²) in [6.45, 7) is 3.98. The lowest BCUT2D eigenvalue weighted by Crippen LogP contribution is -2.22. The first-order valence-electron chi connectivity index (χ1n) is 6.40. The lowest BCUT2D eigenvalue weighted by Gasteiger charge is -2.19. The molecule has 0 amide bonds. The van der Waals surface area contributed by atoms with Crippen LogP contribution in [0, 0.1) is 13.8 Å². The highest BCUT2D eigenvalue weighted by atomic mass is 32.1. The van der Waals surface area contributed by atoms with Crippen molar-refractivity contribution in [3.8, 4) is 5.75 Å². The Morgan fingerprint density at radius 2 is 1.86 bits per heavy atom. The molecule has 1 aromatic heterocycles. The fourth-order valence-corrected chi connectivity index (χ4v) is 3.30. The Hall–Kier alpha value is -1.53. The summed E-state index contributed by atoms with van der Waals surface area (Å²) in [5.74, 6) is -0.173. The maximum Gasteiger partial charge on any atom is 0.573 e. The zero-order chi connectivity index (χ0) is 15.6. The Labute approximate surface area is 125 Å². The van der Waals surface area contributed by atoms with Gasteiger partial charge in [-0.25, -0.2) is 0 Å². The normalized spacial score (nSPS) is 13.2. The number of para-hydroxylation sites is 1. The highest BCUT2D eigenvalue weighted by Crippen LogP contribution is 2.36. The molecular formula is C15H16F3NOS. The van der Waals surface area contributed by atoms with E-state index in [9.17, 15) is 13.2 Å². The number of rotatable bonds is 4. The van der Waals surface area contributed by atoms with Gasteiger partial charge in [0.15, 0.2) is 0 Å². The molecular weight excluding hydrogens is 299 g/mol. The monoisotopic (exact) mass is 315 g/mol. The van der Waals surface area contributed by atoms with E-state index < -0.39 is 6.36 Å². The molecule has 1 N–H and O–H groups in total. The van der Waals surface area contributed by atoms with Gasteiger partial charge >= 0.3 is 6.36 Å². The summed E-state index contributed by atoms with van der Waals surface area (Å²) in [6.07, 6.45) is -4.70. The number of thiophene rings is 1. The van der Waals surface area contributed by atoms with Crippen LogP contribution in [0.5, 0.6) is 5.75 Å². The van der Waals surface area contributed by atoms with Crippen molar-refractivity contribution in [3.63, 3.8) is 0 Å². The van der Waals surface area contributed by atoms with Gasteiger partial charge in [-0.05, 0) is 38.6 Å². The van der Waals surface area contributed by atoms with E-state index in [0.717, 1.165) is 15.3 Å². The predicted octanol–water partition coefficient (Wildman–Crippen LogP) is 4.57. The topological polar surface area (TPSA) is 21.3 Å². The lowest BCUT2D eigenvalue weighted by molar-refractivity contribution is -0.275. The van der Waals surface area contributed by atoms with E-state index in [-0.39, 0.29) is 11.8 Å². The van der Waals surface area contributed by atoms with Crippen LogP contribution in [-0.2, 0) is 0 Å². The van der Waals surface area contributed by atoms with Crippen LogP contribution in [-0.4, -0.2) is 13.4 Å². The van der Waals surface area contributed by atoms with Crippen molar-refractivity contribution in [2.45, 2.75) is 26.3 Å². The van der Waals surface area contributed by atoms with Crippen molar-refractivity contribution in [2.24, 2.45) is 0 Å². The number of aryl methyl sites for hydroxylation is 2. The molecule has 2 aromatic rings. The van der Waals surface area contributed by atoms with Crippen molar-refractivity contribution >= 4 is 11.3 Å². The summed E-state index contributed by atoms with van der Waals surface area (Å²) in [4.78, 5) is 2.12. The maximum atomic E-state index is 12.5. The third kappa shape index (κ3) is 3.77. The van der Waals surface area contributed by atoms with E-state index in [1.54, 1.807) is 30.5 Å². The number of alkyl halides is 3. The summed E-state index contributed by atoms with van der Waals surface area (Å²) in [6, 6.07) is 7.87. The first-order chi connectivity index (χ1) is 9.81. The molecule has 0 radical (unpaired) electrons. The van der Waals surface area contributed by atoms with Gasteiger partial charge in [0.25, 0.3) is 0 Å². The van der Waals surface area contributed by atoms with E-state index in [1.807, 2.05) is 19.9 Å². The molecule has 114 valence electrons.